The number of nitrogens with one attached hydrogen (secondary N) is 1. The van der Waals surface area contributed by atoms with Crippen LogP contribution in [0.3, 0.4) is 0 Å². The van der Waals surface area contributed by atoms with Crippen LogP contribution in [-0.2, 0) is 12.8 Å². The summed E-state index contributed by atoms with van der Waals surface area (Å²) in [6.45, 7) is 2.96. The van der Waals surface area contributed by atoms with Crippen molar-refractivity contribution < 1.29 is 4.79 Å². The third kappa shape index (κ3) is 1.28. The van der Waals surface area contributed by atoms with Crippen LogP contribution in [0.25, 0.3) is 0 Å². The predicted octanol–water partition coefficient (Wildman–Crippen LogP) is 2.02. The van der Waals surface area contributed by atoms with Gasteiger partial charge in [0.15, 0.2) is 0 Å². The van der Waals surface area contributed by atoms with Crippen molar-refractivity contribution in [2.75, 3.05) is 6.54 Å². The Morgan fingerprint density at radius 1 is 1.27 bits per heavy atom. The van der Waals surface area contributed by atoms with E-state index in [1.165, 1.54) is 29.5 Å². The van der Waals surface area contributed by atoms with E-state index in [0.717, 1.165) is 18.5 Å². The molecule has 2 heteroatoms. The van der Waals surface area contributed by atoms with Gasteiger partial charge in [0, 0.05) is 12.1 Å². The Labute approximate surface area is 89.7 Å². The monoisotopic (exact) mass is 201 g/mol. The fourth-order valence-corrected chi connectivity index (χ4v) is 2.70. The highest BCUT2D eigenvalue weighted by Crippen LogP contribution is 2.31. The molecule has 0 aromatic heterocycles. The molecule has 0 spiro atoms. The number of rotatable bonds is 0. The SMILES string of the molecule is CC1CNC(=O)c2cc3c(cc21)CCC3. The summed E-state index contributed by atoms with van der Waals surface area (Å²) >= 11 is 0. The molecule has 15 heavy (non-hydrogen) atoms. The largest absolute Gasteiger partial charge is 0.351 e. The Kier molecular flexibility index (Phi) is 1.84. The van der Waals surface area contributed by atoms with Gasteiger partial charge in [0.1, 0.15) is 0 Å². The first-order chi connectivity index (χ1) is 7.25. The minimum atomic E-state index is 0.109. The van der Waals surface area contributed by atoms with Gasteiger partial charge in [-0.15, -0.1) is 0 Å². The zero-order valence-corrected chi connectivity index (χ0v) is 8.97. The summed E-state index contributed by atoms with van der Waals surface area (Å²) in [4.78, 5) is 11.7. The number of benzene rings is 1. The molecule has 2 nitrogen and oxygen atoms in total. The molecule has 1 aromatic rings. The van der Waals surface area contributed by atoms with Gasteiger partial charge in [-0.05, 0) is 47.9 Å². The molecule has 0 saturated heterocycles. The first kappa shape index (κ1) is 8.96. The van der Waals surface area contributed by atoms with Gasteiger partial charge in [0.2, 0.25) is 0 Å². The van der Waals surface area contributed by atoms with Crippen molar-refractivity contribution in [2.24, 2.45) is 0 Å². The number of fused-ring (bicyclic) bond motifs is 2. The van der Waals surface area contributed by atoms with Crippen molar-refractivity contribution in [2.45, 2.75) is 32.1 Å². The second-order valence-corrected chi connectivity index (χ2v) is 4.67. The molecule has 0 bridgehead atoms. The normalized spacial score (nSPS) is 23.3. The summed E-state index contributed by atoms with van der Waals surface area (Å²) in [6, 6.07) is 4.38. The molecule has 1 aromatic carbocycles. The van der Waals surface area contributed by atoms with Crippen LogP contribution in [0.2, 0.25) is 0 Å². The van der Waals surface area contributed by atoms with Crippen LogP contribution in [-0.4, -0.2) is 12.5 Å². The van der Waals surface area contributed by atoms with Crippen molar-refractivity contribution in [1.29, 1.82) is 0 Å². The molecular weight excluding hydrogens is 186 g/mol. The maximum atomic E-state index is 11.7. The van der Waals surface area contributed by atoms with Crippen molar-refractivity contribution >= 4 is 5.91 Å². The predicted molar refractivity (Wildman–Crippen MR) is 59.2 cm³/mol. The van der Waals surface area contributed by atoms with Crippen molar-refractivity contribution in [3.63, 3.8) is 0 Å². The topological polar surface area (TPSA) is 29.1 Å². The summed E-state index contributed by atoms with van der Waals surface area (Å²) < 4.78 is 0. The summed E-state index contributed by atoms with van der Waals surface area (Å²) in [5.74, 6) is 0.571. The highest BCUT2D eigenvalue weighted by Gasteiger charge is 2.25. The van der Waals surface area contributed by atoms with Gasteiger partial charge in [0.25, 0.3) is 5.91 Å². The molecule has 0 saturated carbocycles. The third-order valence-corrected chi connectivity index (χ3v) is 3.61. The van der Waals surface area contributed by atoms with E-state index < -0.39 is 0 Å². The lowest BCUT2D eigenvalue weighted by atomic mass is 9.89. The first-order valence-electron chi connectivity index (χ1n) is 5.69. The molecule has 3 rings (SSSR count). The molecule has 1 aliphatic heterocycles. The van der Waals surface area contributed by atoms with Gasteiger partial charge < -0.3 is 5.32 Å². The van der Waals surface area contributed by atoms with E-state index in [-0.39, 0.29) is 5.91 Å². The number of hydrogen-bond donors (Lipinski definition) is 1. The first-order valence-corrected chi connectivity index (χ1v) is 5.69. The van der Waals surface area contributed by atoms with E-state index in [4.69, 9.17) is 0 Å². The molecule has 1 amide bonds. The molecule has 1 unspecified atom stereocenters. The molecular formula is C13H15NO. The lowest BCUT2D eigenvalue weighted by Crippen LogP contribution is -2.34. The van der Waals surface area contributed by atoms with Gasteiger partial charge in [-0.25, -0.2) is 0 Å². The molecule has 2 aliphatic rings. The lowest BCUT2D eigenvalue weighted by molar-refractivity contribution is 0.0941. The van der Waals surface area contributed by atoms with Crippen LogP contribution in [0.15, 0.2) is 12.1 Å². The maximum Gasteiger partial charge on any atom is 0.251 e. The average molecular weight is 201 g/mol. The fraction of sp³-hybridized carbons (Fsp3) is 0.462. The zero-order valence-electron chi connectivity index (χ0n) is 8.97. The van der Waals surface area contributed by atoms with Gasteiger partial charge in [-0.2, -0.15) is 0 Å². The number of carbonyl (C=O) groups excluding carboxylic acids is 1. The highest BCUT2D eigenvalue weighted by atomic mass is 16.1. The summed E-state index contributed by atoms with van der Waals surface area (Å²) in [5.41, 5.74) is 5.02. The van der Waals surface area contributed by atoms with E-state index >= 15 is 0 Å². The zero-order chi connectivity index (χ0) is 10.4. The average Bonchev–Trinajstić information content (AvgIpc) is 2.69. The van der Waals surface area contributed by atoms with Crippen LogP contribution in [0, 0.1) is 0 Å². The maximum absolute atomic E-state index is 11.7. The molecule has 1 N–H and O–H groups in total. The van der Waals surface area contributed by atoms with Crippen molar-refractivity contribution in [3.8, 4) is 0 Å². The fourth-order valence-electron chi connectivity index (χ4n) is 2.70. The Bertz CT molecular complexity index is 436. The van der Waals surface area contributed by atoms with Gasteiger partial charge >= 0.3 is 0 Å². The van der Waals surface area contributed by atoms with Crippen LogP contribution in [0.4, 0.5) is 0 Å². The van der Waals surface area contributed by atoms with Crippen LogP contribution in [0.5, 0.6) is 0 Å². The van der Waals surface area contributed by atoms with Crippen LogP contribution < -0.4 is 5.32 Å². The third-order valence-electron chi connectivity index (χ3n) is 3.61. The second-order valence-electron chi connectivity index (χ2n) is 4.67. The van der Waals surface area contributed by atoms with E-state index in [2.05, 4.69) is 24.4 Å². The van der Waals surface area contributed by atoms with E-state index in [1.54, 1.807) is 0 Å². The molecule has 0 radical (unpaired) electrons. The molecule has 78 valence electrons. The Morgan fingerprint density at radius 2 is 2.00 bits per heavy atom. The number of amides is 1. The van der Waals surface area contributed by atoms with E-state index in [1.807, 2.05) is 0 Å². The van der Waals surface area contributed by atoms with Gasteiger partial charge in [0.05, 0.1) is 0 Å². The van der Waals surface area contributed by atoms with Crippen LogP contribution in [0.1, 0.15) is 46.3 Å². The van der Waals surface area contributed by atoms with Crippen molar-refractivity contribution in [1.82, 2.24) is 5.32 Å². The summed E-state index contributed by atoms with van der Waals surface area (Å²) in [6.07, 6.45) is 3.58. The van der Waals surface area contributed by atoms with Crippen LogP contribution >= 0.6 is 0 Å². The van der Waals surface area contributed by atoms with Gasteiger partial charge in [-0.3, -0.25) is 4.79 Å². The Hall–Kier alpha value is -1.31. The Morgan fingerprint density at radius 3 is 2.80 bits per heavy atom. The van der Waals surface area contributed by atoms with Crippen molar-refractivity contribution in [3.05, 3.63) is 34.4 Å². The van der Waals surface area contributed by atoms with Gasteiger partial charge in [-0.1, -0.05) is 13.0 Å². The summed E-state index contributed by atoms with van der Waals surface area (Å²) in [7, 11) is 0. The molecule has 0 fully saturated rings. The van der Waals surface area contributed by atoms with E-state index in [9.17, 15) is 4.79 Å². The lowest BCUT2D eigenvalue weighted by Gasteiger charge is -2.23. The quantitative estimate of drug-likeness (QED) is 0.683. The molecule has 1 aliphatic carbocycles. The van der Waals surface area contributed by atoms with E-state index in [0.29, 0.717) is 5.92 Å². The molecule has 1 heterocycles. The number of hydrogen-bond acceptors (Lipinski definition) is 1. The minimum absolute atomic E-state index is 0.109. The number of carbonyl (C=O) groups is 1. The molecule has 1 atom stereocenters. The standard InChI is InChI=1S/C13H15NO/c1-8-7-14-13(15)12-6-10-4-2-3-9(10)5-11(8)12/h5-6,8H,2-4,7H2,1H3,(H,14,15). The summed E-state index contributed by atoms with van der Waals surface area (Å²) in [5, 5.41) is 2.94. The number of aryl methyl sites for hydroxylation is 2. The minimum Gasteiger partial charge on any atom is -0.351 e. The smallest absolute Gasteiger partial charge is 0.251 e. The Balaban J connectivity index is 2.19. The second kappa shape index (κ2) is 3.09. The highest BCUT2D eigenvalue weighted by molar-refractivity contribution is 5.97.